The van der Waals surface area contributed by atoms with Crippen LogP contribution in [0.15, 0.2) is 84.9 Å². The van der Waals surface area contributed by atoms with Crippen LogP contribution < -0.4 is 15.0 Å². The molecule has 1 N–H and O–H groups in total. The zero-order chi connectivity index (χ0) is 21.6. The van der Waals surface area contributed by atoms with Gasteiger partial charge in [0.25, 0.3) is 0 Å². The molecule has 0 saturated carbocycles. The van der Waals surface area contributed by atoms with Gasteiger partial charge in [-0.2, -0.15) is 0 Å². The lowest BCUT2D eigenvalue weighted by Gasteiger charge is -2.35. The molecule has 3 aromatic rings. The smallest absolute Gasteiger partial charge is 0.335 e. The van der Waals surface area contributed by atoms with E-state index in [0.29, 0.717) is 23.5 Å². The number of aryl methyl sites for hydroxylation is 1. The zero-order valence-corrected chi connectivity index (χ0v) is 16.9. The van der Waals surface area contributed by atoms with Crippen molar-refractivity contribution in [3.63, 3.8) is 0 Å². The molecule has 0 aliphatic carbocycles. The van der Waals surface area contributed by atoms with Crippen LogP contribution in [-0.2, 0) is 20.8 Å². The van der Waals surface area contributed by atoms with Crippen molar-refractivity contribution in [2.45, 2.75) is 25.3 Å². The number of hydrogen-bond donors (Lipinski definition) is 1. The molecule has 31 heavy (non-hydrogen) atoms. The number of amides is 2. The van der Waals surface area contributed by atoms with Gasteiger partial charge < -0.3 is 10.1 Å². The van der Waals surface area contributed by atoms with Crippen LogP contribution in [0.3, 0.4) is 0 Å². The number of ether oxygens (including phenoxy) is 1. The first-order valence-corrected chi connectivity index (χ1v) is 10.1. The van der Waals surface area contributed by atoms with Crippen LogP contribution in [0.5, 0.6) is 5.75 Å². The lowest BCUT2D eigenvalue weighted by Crippen LogP contribution is -2.51. The summed E-state index contributed by atoms with van der Waals surface area (Å²) < 4.78 is 5.43. The van der Waals surface area contributed by atoms with Gasteiger partial charge in [-0.1, -0.05) is 60.7 Å². The summed E-state index contributed by atoms with van der Waals surface area (Å²) in [7, 11) is 0. The minimum Gasteiger partial charge on any atom is -0.423 e. The monoisotopic (exact) mass is 414 g/mol. The predicted molar refractivity (Wildman–Crippen MR) is 118 cm³/mol. The Morgan fingerprint density at radius 3 is 2.26 bits per heavy atom. The summed E-state index contributed by atoms with van der Waals surface area (Å²) in [5.74, 6) is -0.894. The minimum atomic E-state index is -1.03. The number of hydrogen-bond acceptors (Lipinski definition) is 4. The van der Waals surface area contributed by atoms with Crippen molar-refractivity contribution in [2.24, 2.45) is 0 Å². The van der Waals surface area contributed by atoms with Gasteiger partial charge >= 0.3 is 5.97 Å². The minimum absolute atomic E-state index is 0.195. The van der Waals surface area contributed by atoms with Gasteiger partial charge in [-0.25, -0.2) is 4.79 Å². The fraction of sp³-hybridized carbons (Fsp3) is 0.160. The Bertz CT molecular complexity index is 1080. The molecule has 0 spiro atoms. The molecular weight excluding hydrogens is 392 g/mol. The third-order valence-electron chi connectivity index (χ3n) is 5.09. The summed E-state index contributed by atoms with van der Waals surface area (Å²) in [4.78, 5) is 40.0. The Hall–Kier alpha value is -3.93. The van der Waals surface area contributed by atoms with E-state index in [2.05, 4.69) is 5.32 Å². The van der Waals surface area contributed by atoms with Crippen molar-refractivity contribution < 1.29 is 19.1 Å². The molecule has 156 valence electrons. The maximum Gasteiger partial charge on any atom is 0.335 e. The first kappa shape index (κ1) is 20.3. The predicted octanol–water partition coefficient (Wildman–Crippen LogP) is 3.97. The van der Waals surface area contributed by atoms with E-state index in [1.165, 1.54) is 4.90 Å². The zero-order valence-electron chi connectivity index (χ0n) is 16.9. The number of fused-ring (bicyclic) bond motifs is 1. The molecule has 0 aromatic heterocycles. The standard InChI is InChI=1S/C25H22N2O4/c28-23(26-19-11-5-2-6-12-19)17-21-25(30)31-22-14-8-7-13-20(22)27(21)24(29)16-15-18-9-3-1-4-10-18/h1-14,21H,15-17H2,(H,26,28)/t21-/m1/s1. The number of carbonyl (C=O) groups is 3. The van der Waals surface area contributed by atoms with E-state index in [-0.39, 0.29) is 24.7 Å². The molecule has 1 heterocycles. The highest BCUT2D eigenvalue weighted by Crippen LogP contribution is 2.35. The van der Waals surface area contributed by atoms with Crippen molar-refractivity contribution in [1.29, 1.82) is 0 Å². The Morgan fingerprint density at radius 2 is 1.52 bits per heavy atom. The lowest BCUT2D eigenvalue weighted by atomic mass is 10.0. The Kier molecular flexibility index (Phi) is 6.08. The first-order chi connectivity index (χ1) is 15.1. The average Bonchev–Trinajstić information content (AvgIpc) is 2.79. The number of nitrogens with one attached hydrogen (secondary N) is 1. The SMILES string of the molecule is O=C(C[C@@H]1C(=O)Oc2ccccc2N1C(=O)CCc1ccccc1)Nc1ccccc1. The van der Waals surface area contributed by atoms with Crippen molar-refractivity contribution in [3.05, 3.63) is 90.5 Å². The fourth-order valence-electron chi connectivity index (χ4n) is 3.60. The number of esters is 1. The summed E-state index contributed by atoms with van der Waals surface area (Å²) in [5.41, 5.74) is 2.15. The van der Waals surface area contributed by atoms with Gasteiger partial charge in [0, 0.05) is 12.1 Å². The van der Waals surface area contributed by atoms with Crippen LogP contribution in [0.2, 0.25) is 0 Å². The van der Waals surface area contributed by atoms with E-state index < -0.39 is 12.0 Å². The second-order valence-corrected chi connectivity index (χ2v) is 7.27. The molecule has 3 aromatic carbocycles. The van der Waals surface area contributed by atoms with Crippen LogP contribution >= 0.6 is 0 Å². The third kappa shape index (κ3) is 4.80. The quantitative estimate of drug-likeness (QED) is 0.489. The van der Waals surface area contributed by atoms with Gasteiger partial charge in [0.1, 0.15) is 6.04 Å². The molecule has 0 fully saturated rings. The van der Waals surface area contributed by atoms with Crippen molar-refractivity contribution >= 4 is 29.2 Å². The maximum atomic E-state index is 13.2. The summed E-state index contributed by atoms with van der Waals surface area (Å²) in [6, 6.07) is 24.5. The van der Waals surface area contributed by atoms with Crippen molar-refractivity contribution in [3.8, 4) is 5.75 Å². The van der Waals surface area contributed by atoms with Crippen molar-refractivity contribution in [1.82, 2.24) is 0 Å². The van der Waals surface area contributed by atoms with Crippen molar-refractivity contribution in [2.75, 3.05) is 10.2 Å². The highest BCUT2D eigenvalue weighted by molar-refractivity contribution is 6.06. The number of rotatable bonds is 6. The van der Waals surface area contributed by atoms with E-state index in [9.17, 15) is 14.4 Å². The summed E-state index contributed by atoms with van der Waals surface area (Å²) >= 11 is 0. The first-order valence-electron chi connectivity index (χ1n) is 10.1. The summed E-state index contributed by atoms with van der Waals surface area (Å²) in [5, 5.41) is 2.77. The largest absolute Gasteiger partial charge is 0.423 e. The highest BCUT2D eigenvalue weighted by atomic mass is 16.5. The summed E-state index contributed by atoms with van der Waals surface area (Å²) in [6.07, 6.45) is 0.553. The molecule has 4 rings (SSSR count). The molecule has 2 amide bonds. The van der Waals surface area contributed by atoms with Crippen LogP contribution in [0.25, 0.3) is 0 Å². The van der Waals surface area contributed by atoms with Gasteiger partial charge in [0.05, 0.1) is 12.1 Å². The topological polar surface area (TPSA) is 75.7 Å². The molecule has 1 aliphatic heterocycles. The Balaban J connectivity index is 1.55. The number of anilines is 2. The van der Waals surface area contributed by atoms with Crippen LogP contribution in [0.4, 0.5) is 11.4 Å². The van der Waals surface area contributed by atoms with E-state index >= 15 is 0 Å². The van der Waals surface area contributed by atoms with Gasteiger partial charge in [0.2, 0.25) is 11.8 Å². The summed E-state index contributed by atoms with van der Waals surface area (Å²) in [6.45, 7) is 0. The second-order valence-electron chi connectivity index (χ2n) is 7.27. The van der Waals surface area contributed by atoms with Crippen LogP contribution in [0.1, 0.15) is 18.4 Å². The van der Waals surface area contributed by atoms with E-state index in [4.69, 9.17) is 4.74 Å². The average molecular weight is 414 g/mol. The molecule has 6 heteroatoms. The Morgan fingerprint density at radius 1 is 0.871 bits per heavy atom. The van der Waals surface area contributed by atoms with Gasteiger partial charge in [0.15, 0.2) is 5.75 Å². The number of benzene rings is 3. The number of nitrogens with zero attached hydrogens (tertiary/aromatic N) is 1. The van der Waals surface area contributed by atoms with Gasteiger partial charge in [-0.05, 0) is 36.2 Å². The third-order valence-corrected chi connectivity index (χ3v) is 5.09. The maximum absolute atomic E-state index is 13.2. The van der Waals surface area contributed by atoms with Gasteiger partial charge in [-0.3, -0.25) is 14.5 Å². The normalized spacial score (nSPS) is 15.0. The van der Waals surface area contributed by atoms with Gasteiger partial charge in [-0.15, -0.1) is 0 Å². The fourth-order valence-corrected chi connectivity index (χ4v) is 3.60. The molecular formula is C25H22N2O4. The number of carbonyl (C=O) groups excluding carboxylic acids is 3. The molecule has 0 radical (unpaired) electrons. The number of para-hydroxylation sites is 3. The molecule has 0 saturated heterocycles. The second kappa shape index (κ2) is 9.26. The molecule has 6 nitrogen and oxygen atoms in total. The van der Waals surface area contributed by atoms with E-state index in [1.54, 1.807) is 48.5 Å². The molecule has 0 unspecified atom stereocenters. The van der Waals surface area contributed by atoms with E-state index in [0.717, 1.165) is 5.56 Å². The molecule has 1 aliphatic rings. The lowest BCUT2D eigenvalue weighted by molar-refractivity contribution is -0.140. The molecule has 0 bridgehead atoms. The van der Waals surface area contributed by atoms with Crippen LogP contribution in [-0.4, -0.2) is 23.8 Å². The van der Waals surface area contributed by atoms with Crippen LogP contribution in [0, 0.1) is 0 Å². The Labute approximate surface area is 180 Å². The van der Waals surface area contributed by atoms with E-state index in [1.807, 2.05) is 36.4 Å². The molecule has 1 atom stereocenters. The highest BCUT2D eigenvalue weighted by Gasteiger charge is 2.39.